The molecule has 2 heterocycles. The topological polar surface area (TPSA) is 81.7 Å². The number of allylic oxidation sites excluding steroid dienone is 1. The number of unbranched alkanes of at least 4 members (excludes halogenated alkanes) is 3. The molecule has 0 saturated carbocycles. The Bertz CT molecular complexity index is 1330. The minimum absolute atomic E-state index is 0.207. The van der Waals surface area contributed by atoms with E-state index in [4.69, 9.17) is 33.5 Å². The third-order valence-corrected chi connectivity index (χ3v) is 7.41. The van der Waals surface area contributed by atoms with Crippen LogP contribution in [0, 0.1) is 17.9 Å². The average molecular weight is 603 g/mol. The molecule has 8 heteroatoms. The van der Waals surface area contributed by atoms with Gasteiger partial charge in [0, 0.05) is 13.0 Å². The van der Waals surface area contributed by atoms with Crippen molar-refractivity contribution in [1.82, 2.24) is 0 Å². The molecule has 0 radical (unpaired) electrons. The number of fused-ring (bicyclic) bond motifs is 1. The van der Waals surface area contributed by atoms with Crippen LogP contribution >= 0.6 is 0 Å². The van der Waals surface area contributed by atoms with Crippen molar-refractivity contribution in [2.75, 3.05) is 33.5 Å². The molecular formula is C36H42O8. The zero-order valence-electron chi connectivity index (χ0n) is 25.8. The fourth-order valence-corrected chi connectivity index (χ4v) is 5.10. The number of carbonyl (C=O) groups is 1. The second-order valence-electron chi connectivity index (χ2n) is 10.7. The number of hydrogen-bond donors (Lipinski definition) is 0. The van der Waals surface area contributed by atoms with E-state index >= 15 is 0 Å². The Hall–Kier alpha value is -4.03. The summed E-state index contributed by atoms with van der Waals surface area (Å²) in [6.07, 6.45) is 10.5. The van der Waals surface area contributed by atoms with Crippen LogP contribution in [0.1, 0.15) is 56.2 Å². The van der Waals surface area contributed by atoms with Crippen molar-refractivity contribution in [1.29, 1.82) is 0 Å². The predicted molar refractivity (Wildman–Crippen MR) is 169 cm³/mol. The predicted octanol–water partition coefficient (Wildman–Crippen LogP) is 6.61. The van der Waals surface area contributed by atoms with E-state index in [9.17, 15) is 4.79 Å². The van der Waals surface area contributed by atoms with Crippen molar-refractivity contribution in [3.8, 4) is 17.8 Å². The summed E-state index contributed by atoms with van der Waals surface area (Å²) in [5.41, 5.74) is 3.89. The maximum absolute atomic E-state index is 12.6. The summed E-state index contributed by atoms with van der Waals surface area (Å²) in [6.45, 7) is 9.64. The van der Waals surface area contributed by atoms with Crippen molar-refractivity contribution >= 4 is 23.7 Å². The van der Waals surface area contributed by atoms with Crippen molar-refractivity contribution in [3.63, 3.8) is 0 Å². The Balaban J connectivity index is 1.22. The van der Waals surface area contributed by atoms with Crippen molar-refractivity contribution < 1.29 is 38.3 Å². The SMILES string of the molecule is C=C(C)c1ccc(C=C(OOC)[C@H]2CO[C@H]3[C@@H]2OC[C@H]3OC(=O)/C=C/c2ccc(OCCCCCCOC#CC)cc2)cc1. The van der Waals surface area contributed by atoms with E-state index in [1.807, 2.05) is 61.5 Å². The quantitative estimate of drug-likeness (QED) is 0.0404. The molecule has 8 nitrogen and oxygen atoms in total. The summed E-state index contributed by atoms with van der Waals surface area (Å²) in [4.78, 5) is 23.2. The molecule has 4 atom stereocenters. The first kappa shape index (κ1) is 32.9. The molecule has 0 amide bonds. The van der Waals surface area contributed by atoms with Crippen LogP contribution in [0.3, 0.4) is 0 Å². The van der Waals surface area contributed by atoms with Gasteiger partial charge in [-0.1, -0.05) is 54.5 Å². The van der Waals surface area contributed by atoms with Gasteiger partial charge in [-0.25, -0.2) is 4.79 Å². The highest BCUT2D eigenvalue weighted by Crippen LogP contribution is 2.37. The second kappa shape index (κ2) is 17.3. The van der Waals surface area contributed by atoms with Crippen molar-refractivity contribution in [2.24, 2.45) is 5.92 Å². The fraction of sp³-hybridized carbons (Fsp3) is 0.417. The van der Waals surface area contributed by atoms with Gasteiger partial charge in [-0.2, -0.15) is 4.89 Å². The normalized spacial score (nSPS) is 20.9. The summed E-state index contributed by atoms with van der Waals surface area (Å²) >= 11 is 0. The van der Waals surface area contributed by atoms with Gasteiger partial charge >= 0.3 is 5.97 Å². The molecule has 0 aliphatic carbocycles. The van der Waals surface area contributed by atoms with Gasteiger partial charge in [-0.15, -0.1) is 0 Å². The standard InChI is InChI=1S/C36H42O8/c1-5-20-39-21-8-6-7-9-22-40-30-17-12-27(13-18-30)14-19-34(37)43-33-25-42-35-31(24-41-36(33)35)32(44-38-4)23-28-10-15-29(16-11-28)26(2)3/h10-19,23,31,33,35-36H,2,6-9,21-22,24-25H2,1,3-4H3/b19-14+,32-23?/t31-,33-,35-,36-/m1/s1. The van der Waals surface area contributed by atoms with Gasteiger partial charge < -0.3 is 28.6 Å². The maximum Gasteiger partial charge on any atom is 0.331 e. The Kier molecular flexibility index (Phi) is 12.9. The smallest absolute Gasteiger partial charge is 0.331 e. The number of esters is 1. The monoisotopic (exact) mass is 602 g/mol. The van der Waals surface area contributed by atoms with E-state index in [1.54, 1.807) is 13.0 Å². The van der Waals surface area contributed by atoms with Crippen LogP contribution in [-0.2, 0) is 33.5 Å². The molecule has 0 unspecified atom stereocenters. The first-order valence-electron chi connectivity index (χ1n) is 15.0. The van der Waals surface area contributed by atoms with Gasteiger partial charge in [0.05, 0.1) is 39.0 Å². The summed E-state index contributed by atoms with van der Waals surface area (Å²) in [5, 5.41) is 0. The minimum atomic E-state index is -0.519. The Morgan fingerprint density at radius 1 is 0.955 bits per heavy atom. The van der Waals surface area contributed by atoms with Crippen LogP contribution in [0.25, 0.3) is 17.7 Å². The largest absolute Gasteiger partial charge is 0.494 e. The molecule has 0 spiro atoms. The van der Waals surface area contributed by atoms with Gasteiger partial charge in [0.25, 0.3) is 0 Å². The highest BCUT2D eigenvalue weighted by molar-refractivity contribution is 5.87. The highest BCUT2D eigenvalue weighted by Gasteiger charge is 2.51. The third kappa shape index (κ3) is 9.75. The van der Waals surface area contributed by atoms with E-state index in [2.05, 4.69) is 18.6 Å². The van der Waals surface area contributed by atoms with Gasteiger partial charge in [-0.3, -0.25) is 0 Å². The van der Waals surface area contributed by atoms with Crippen LogP contribution in [0.4, 0.5) is 0 Å². The van der Waals surface area contributed by atoms with Crippen LogP contribution in [0.2, 0.25) is 0 Å². The average Bonchev–Trinajstić information content (AvgIpc) is 3.63. The molecule has 0 bridgehead atoms. The fourth-order valence-electron chi connectivity index (χ4n) is 5.10. The molecule has 44 heavy (non-hydrogen) atoms. The Labute approximate surface area is 260 Å². The first-order valence-corrected chi connectivity index (χ1v) is 15.0. The van der Waals surface area contributed by atoms with Gasteiger partial charge in [0.1, 0.15) is 24.6 Å². The minimum Gasteiger partial charge on any atom is -0.494 e. The summed E-state index contributed by atoms with van der Waals surface area (Å²) < 4.78 is 28.7. The lowest BCUT2D eigenvalue weighted by atomic mass is 9.97. The molecule has 2 saturated heterocycles. The number of ether oxygens (including phenoxy) is 5. The van der Waals surface area contributed by atoms with Gasteiger partial charge in [0.15, 0.2) is 11.9 Å². The lowest BCUT2D eigenvalue weighted by molar-refractivity contribution is -0.245. The van der Waals surface area contributed by atoms with Crippen molar-refractivity contribution in [2.45, 2.75) is 57.8 Å². The Morgan fingerprint density at radius 2 is 1.66 bits per heavy atom. The molecule has 2 aliphatic heterocycles. The first-order chi connectivity index (χ1) is 21.5. The molecule has 2 fully saturated rings. The zero-order valence-corrected chi connectivity index (χ0v) is 25.8. The summed E-state index contributed by atoms with van der Waals surface area (Å²) in [5.74, 6) is 3.43. The van der Waals surface area contributed by atoms with Crippen LogP contribution in [-0.4, -0.2) is 57.8 Å². The van der Waals surface area contributed by atoms with E-state index in [0.717, 1.165) is 53.7 Å². The van der Waals surface area contributed by atoms with E-state index < -0.39 is 18.2 Å². The summed E-state index contributed by atoms with van der Waals surface area (Å²) in [6, 6.07) is 15.6. The maximum atomic E-state index is 12.6. The molecule has 234 valence electrons. The van der Waals surface area contributed by atoms with Crippen LogP contribution in [0.5, 0.6) is 5.75 Å². The molecule has 0 aromatic heterocycles. The number of hydrogen-bond acceptors (Lipinski definition) is 8. The summed E-state index contributed by atoms with van der Waals surface area (Å²) in [7, 11) is 1.46. The van der Waals surface area contributed by atoms with E-state index in [1.165, 1.54) is 13.2 Å². The Morgan fingerprint density at radius 3 is 2.36 bits per heavy atom. The number of carbonyl (C=O) groups excluding carboxylic acids is 1. The van der Waals surface area contributed by atoms with E-state index in [-0.39, 0.29) is 18.6 Å². The molecule has 4 rings (SSSR count). The van der Waals surface area contributed by atoms with Gasteiger partial charge in [0.2, 0.25) is 0 Å². The molecule has 2 aromatic carbocycles. The second-order valence-corrected chi connectivity index (χ2v) is 10.7. The lowest BCUT2D eigenvalue weighted by Gasteiger charge is -2.18. The van der Waals surface area contributed by atoms with Gasteiger partial charge in [-0.05, 0) is 73.6 Å². The van der Waals surface area contributed by atoms with Crippen molar-refractivity contribution in [3.05, 3.63) is 83.6 Å². The third-order valence-electron chi connectivity index (χ3n) is 7.41. The van der Waals surface area contributed by atoms with Crippen LogP contribution < -0.4 is 4.74 Å². The number of benzene rings is 2. The highest BCUT2D eigenvalue weighted by atomic mass is 17.2. The molecule has 2 aliphatic rings. The molecule has 2 aromatic rings. The molecule has 0 N–H and O–H groups in total. The lowest BCUT2D eigenvalue weighted by Crippen LogP contribution is -2.33. The van der Waals surface area contributed by atoms with Crippen LogP contribution in [0.15, 0.2) is 66.9 Å². The zero-order chi connectivity index (χ0) is 31.1. The number of rotatable bonds is 16. The molecular weight excluding hydrogens is 560 g/mol. The van der Waals surface area contributed by atoms with E-state index in [0.29, 0.717) is 25.6 Å².